The number of pyridine rings is 2. The first kappa shape index (κ1) is 22.1. The lowest BCUT2D eigenvalue weighted by Gasteiger charge is -2.33. The third-order valence-electron chi connectivity index (χ3n) is 8.41. The van der Waals surface area contributed by atoms with Gasteiger partial charge in [0.2, 0.25) is 0 Å². The van der Waals surface area contributed by atoms with Crippen LogP contribution < -0.4 is 0 Å². The van der Waals surface area contributed by atoms with Gasteiger partial charge in [0, 0.05) is 54.7 Å². The van der Waals surface area contributed by atoms with Gasteiger partial charge in [0.25, 0.3) is 0 Å². The highest BCUT2D eigenvalue weighted by molar-refractivity contribution is 5.79. The number of hydrogen-bond donors (Lipinski definition) is 0. The van der Waals surface area contributed by atoms with Crippen LogP contribution in [0.2, 0.25) is 0 Å². The minimum absolute atomic E-state index is 0.330. The van der Waals surface area contributed by atoms with Crippen LogP contribution in [0.3, 0.4) is 0 Å². The van der Waals surface area contributed by atoms with E-state index in [1.165, 1.54) is 18.5 Å². The van der Waals surface area contributed by atoms with Crippen molar-refractivity contribution in [3.05, 3.63) is 60.3 Å². The molecular formula is C28H33N7O. The van der Waals surface area contributed by atoms with Gasteiger partial charge >= 0.3 is 0 Å². The van der Waals surface area contributed by atoms with Crippen molar-refractivity contribution in [2.24, 2.45) is 11.8 Å². The largest absolute Gasteiger partial charge is 0.379 e. The zero-order valence-electron chi connectivity index (χ0n) is 21.0. The summed E-state index contributed by atoms with van der Waals surface area (Å²) < 4.78 is 9.81. The summed E-state index contributed by atoms with van der Waals surface area (Å²) in [5.41, 5.74) is 6.34. The molecule has 0 aromatic carbocycles. The normalized spacial score (nSPS) is 26.1. The van der Waals surface area contributed by atoms with Crippen LogP contribution >= 0.6 is 0 Å². The lowest BCUT2D eigenvalue weighted by Crippen LogP contribution is -2.43. The molecule has 7 rings (SSSR count). The smallest absolute Gasteiger partial charge is 0.108 e. The van der Waals surface area contributed by atoms with Crippen molar-refractivity contribution in [2.75, 3.05) is 26.3 Å². The van der Waals surface area contributed by atoms with Crippen molar-refractivity contribution in [3.63, 3.8) is 0 Å². The first-order valence-corrected chi connectivity index (χ1v) is 13.3. The van der Waals surface area contributed by atoms with E-state index in [0.29, 0.717) is 18.5 Å². The molecule has 0 spiro atoms. The molecule has 3 aliphatic rings. The second-order valence-corrected chi connectivity index (χ2v) is 10.9. The van der Waals surface area contributed by atoms with E-state index in [4.69, 9.17) is 14.8 Å². The molecule has 0 N–H and O–H groups in total. The molecule has 4 aromatic rings. The van der Waals surface area contributed by atoms with Crippen LogP contribution in [0.5, 0.6) is 0 Å². The van der Waals surface area contributed by atoms with Crippen molar-refractivity contribution < 1.29 is 4.74 Å². The fraction of sp³-hybridized carbons (Fsp3) is 0.500. The summed E-state index contributed by atoms with van der Waals surface area (Å²) in [4.78, 5) is 11.8. The van der Waals surface area contributed by atoms with Crippen molar-refractivity contribution in [3.8, 4) is 11.3 Å². The number of morpholine rings is 1. The van der Waals surface area contributed by atoms with E-state index in [-0.39, 0.29) is 0 Å². The van der Waals surface area contributed by atoms with E-state index in [1.54, 1.807) is 0 Å². The van der Waals surface area contributed by atoms with Crippen LogP contribution in [-0.4, -0.2) is 66.8 Å². The number of aromatic nitrogens is 6. The third-order valence-corrected chi connectivity index (χ3v) is 8.41. The van der Waals surface area contributed by atoms with Gasteiger partial charge in [-0.25, -0.2) is 0 Å². The minimum atomic E-state index is 0.330. The van der Waals surface area contributed by atoms with Gasteiger partial charge in [-0.1, -0.05) is 6.07 Å². The Morgan fingerprint density at radius 3 is 2.61 bits per heavy atom. The summed E-state index contributed by atoms with van der Waals surface area (Å²) in [5.74, 6) is 2.22. The number of ether oxygens (including phenoxy) is 1. The van der Waals surface area contributed by atoms with E-state index in [1.807, 2.05) is 41.5 Å². The Bertz CT molecular complexity index is 1360. The number of hydrogen-bond acceptors (Lipinski definition) is 6. The summed E-state index contributed by atoms with van der Waals surface area (Å²) in [6.07, 6.45) is 8.22. The highest BCUT2D eigenvalue weighted by atomic mass is 16.5. The Balaban J connectivity index is 1.15. The van der Waals surface area contributed by atoms with Gasteiger partial charge in [0.05, 0.1) is 42.9 Å². The van der Waals surface area contributed by atoms with Crippen LogP contribution in [0.1, 0.15) is 50.0 Å². The highest BCUT2D eigenvalue weighted by Crippen LogP contribution is 2.64. The van der Waals surface area contributed by atoms with Crippen molar-refractivity contribution in [1.82, 2.24) is 34.4 Å². The zero-order valence-corrected chi connectivity index (χ0v) is 21.0. The van der Waals surface area contributed by atoms with Gasteiger partial charge in [-0.05, 0) is 62.8 Å². The van der Waals surface area contributed by atoms with Crippen LogP contribution in [0.15, 0.2) is 48.9 Å². The number of nitrogens with zero attached hydrogens (tertiary/aromatic N) is 7. The van der Waals surface area contributed by atoms with Gasteiger partial charge in [0.1, 0.15) is 5.52 Å². The molecule has 2 saturated carbocycles. The van der Waals surface area contributed by atoms with Gasteiger partial charge < -0.3 is 4.74 Å². The fourth-order valence-electron chi connectivity index (χ4n) is 6.57. The zero-order chi connectivity index (χ0) is 24.2. The summed E-state index contributed by atoms with van der Waals surface area (Å²) in [7, 11) is 0. The molecule has 1 saturated heterocycles. The Hall–Kier alpha value is -3.10. The maximum absolute atomic E-state index is 5.57. The number of rotatable bonds is 6. The monoisotopic (exact) mass is 483 g/mol. The van der Waals surface area contributed by atoms with Crippen molar-refractivity contribution >= 4 is 11.0 Å². The molecule has 0 unspecified atom stereocenters. The fourth-order valence-corrected chi connectivity index (χ4v) is 6.57. The van der Waals surface area contributed by atoms with Gasteiger partial charge in [-0.2, -0.15) is 10.2 Å². The topological polar surface area (TPSA) is 73.9 Å². The quantitative estimate of drug-likeness (QED) is 0.410. The lowest BCUT2D eigenvalue weighted by atomic mass is 10.0. The SMILES string of the molecule is CC(C)n1nc(-c2cnc3cnn(Cc4ccccn4)c3c2)cc1[C@H]1[C@@H]2C[C@H](N3CCOCC3)C[C@@H]21. The first-order chi connectivity index (χ1) is 17.7. The molecule has 0 amide bonds. The van der Waals surface area contributed by atoms with Crippen LogP contribution in [-0.2, 0) is 11.3 Å². The molecule has 0 bridgehead atoms. The van der Waals surface area contributed by atoms with E-state index in [2.05, 4.69) is 45.6 Å². The predicted molar refractivity (Wildman–Crippen MR) is 138 cm³/mol. The van der Waals surface area contributed by atoms with E-state index in [9.17, 15) is 0 Å². The summed E-state index contributed by atoms with van der Waals surface area (Å²) >= 11 is 0. The maximum atomic E-state index is 5.57. The van der Waals surface area contributed by atoms with Gasteiger partial charge in [-0.15, -0.1) is 0 Å². The Labute approximate surface area is 211 Å². The molecule has 36 heavy (non-hydrogen) atoms. The standard InChI is InChI=1S/C28H33N7O/c1-18(2)35-27(28-22-12-21(13-23(22)28)33-7-9-36-10-8-33)14-24(32-35)19-11-26-25(30-15-19)16-31-34(26)17-20-5-3-4-6-29-20/h3-6,11,14-16,18,21-23,28H,7-10,12-13,17H2,1-2H3/t21-,22+,23-,28-. The van der Waals surface area contributed by atoms with Gasteiger partial charge in [0.15, 0.2) is 0 Å². The summed E-state index contributed by atoms with van der Waals surface area (Å²) in [5, 5.41) is 9.67. The molecule has 4 aromatic heterocycles. The molecule has 4 atom stereocenters. The lowest BCUT2D eigenvalue weighted by molar-refractivity contribution is 0.0151. The van der Waals surface area contributed by atoms with E-state index in [0.717, 1.165) is 72.2 Å². The number of fused-ring (bicyclic) bond motifs is 2. The van der Waals surface area contributed by atoms with Gasteiger partial charge in [-0.3, -0.25) is 24.2 Å². The Kier molecular flexibility index (Phi) is 5.40. The highest BCUT2D eigenvalue weighted by Gasteiger charge is 2.58. The Morgan fingerprint density at radius 2 is 1.86 bits per heavy atom. The minimum Gasteiger partial charge on any atom is -0.379 e. The summed E-state index contributed by atoms with van der Waals surface area (Å²) in [6, 6.07) is 11.5. The maximum Gasteiger partial charge on any atom is 0.108 e. The first-order valence-electron chi connectivity index (χ1n) is 13.3. The molecule has 8 heteroatoms. The average molecular weight is 484 g/mol. The molecule has 8 nitrogen and oxygen atoms in total. The van der Waals surface area contributed by atoms with Crippen molar-refractivity contribution in [1.29, 1.82) is 0 Å². The van der Waals surface area contributed by atoms with E-state index < -0.39 is 0 Å². The second-order valence-electron chi connectivity index (χ2n) is 10.9. The molecule has 5 heterocycles. The molecule has 0 radical (unpaired) electrons. The predicted octanol–water partition coefficient (Wildman–Crippen LogP) is 4.14. The molecule has 186 valence electrons. The van der Waals surface area contributed by atoms with Crippen LogP contribution in [0.4, 0.5) is 0 Å². The van der Waals surface area contributed by atoms with Crippen LogP contribution in [0.25, 0.3) is 22.3 Å². The van der Waals surface area contributed by atoms with Crippen LogP contribution in [0, 0.1) is 11.8 Å². The molecule has 1 aliphatic heterocycles. The molecular weight excluding hydrogens is 450 g/mol. The molecule has 3 fully saturated rings. The third kappa shape index (κ3) is 3.83. The second kappa shape index (κ2) is 8.78. The van der Waals surface area contributed by atoms with Crippen molar-refractivity contribution in [2.45, 2.75) is 51.2 Å². The molecule has 2 aliphatic carbocycles. The average Bonchev–Trinajstić information content (AvgIpc) is 3.32. The van der Waals surface area contributed by atoms with E-state index >= 15 is 0 Å². The Morgan fingerprint density at radius 1 is 1.03 bits per heavy atom. The summed E-state index contributed by atoms with van der Waals surface area (Å²) in [6.45, 7) is 9.05.